The first-order valence-corrected chi connectivity index (χ1v) is 8.13. The van der Waals surface area contributed by atoms with E-state index in [1.54, 1.807) is 12.1 Å². The summed E-state index contributed by atoms with van der Waals surface area (Å²) in [5.41, 5.74) is 5.46. The minimum absolute atomic E-state index is 0.176. The molecular formula is C16H15N3O4S. The minimum atomic E-state index is -0.889. The maximum absolute atomic E-state index is 12.7. The number of allylic oxidation sites excluding steroid dienone is 2. The van der Waals surface area contributed by atoms with E-state index in [4.69, 9.17) is 15.7 Å². The van der Waals surface area contributed by atoms with Crippen LogP contribution >= 0.6 is 11.3 Å². The lowest BCUT2D eigenvalue weighted by Crippen LogP contribution is -2.35. The molecular weight excluding hydrogens is 330 g/mol. The molecule has 0 aromatic carbocycles. The quantitative estimate of drug-likeness (QED) is 0.650. The summed E-state index contributed by atoms with van der Waals surface area (Å²) >= 11 is 1.12. The van der Waals surface area contributed by atoms with Crippen molar-refractivity contribution in [2.24, 2.45) is 11.1 Å². The number of ketones is 1. The van der Waals surface area contributed by atoms with Crippen molar-refractivity contribution in [3.05, 3.63) is 54.9 Å². The highest BCUT2D eigenvalue weighted by molar-refractivity contribution is 7.12. The van der Waals surface area contributed by atoms with Crippen LogP contribution in [-0.4, -0.2) is 10.7 Å². The number of carbonyl (C=O) groups is 1. The smallest absolute Gasteiger partial charge is 0.318 e. The molecule has 2 heterocycles. The molecule has 7 nitrogen and oxygen atoms in total. The summed E-state index contributed by atoms with van der Waals surface area (Å²) in [5.74, 6) is -0.957. The molecule has 0 saturated heterocycles. The largest absolute Gasteiger partial charge is 0.440 e. The molecule has 3 rings (SSSR count). The molecule has 1 aromatic rings. The summed E-state index contributed by atoms with van der Waals surface area (Å²) in [6, 6.07) is 5.22. The Labute approximate surface area is 142 Å². The molecule has 2 aliphatic rings. The Morgan fingerprint density at radius 1 is 1.46 bits per heavy atom. The van der Waals surface area contributed by atoms with E-state index in [0.717, 1.165) is 11.3 Å². The van der Waals surface area contributed by atoms with Gasteiger partial charge in [0.1, 0.15) is 22.6 Å². The lowest BCUT2D eigenvalue weighted by Gasteiger charge is -2.35. The van der Waals surface area contributed by atoms with E-state index in [1.165, 1.54) is 0 Å². The molecule has 1 aliphatic heterocycles. The molecule has 1 aromatic heterocycles. The van der Waals surface area contributed by atoms with Gasteiger partial charge in [-0.3, -0.25) is 14.9 Å². The molecule has 0 spiro atoms. The average molecular weight is 345 g/mol. The third kappa shape index (κ3) is 2.57. The molecule has 0 amide bonds. The SMILES string of the molecule is CC1(C)CC(=O)C2=C(C1)OC(N)=C([N+](=O)[O-])[C@H]2c1ccc(C#N)s1. The monoisotopic (exact) mass is 345 g/mol. The fourth-order valence-corrected chi connectivity index (χ4v) is 4.11. The molecule has 1 atom stereocenters. The van der Waals surface area contributed by atoms with Crippen LogP contribution < -0.4 is 5.73 Å². The first kappa shape index (κ1) is 16.2. The first-order chi connectivity index (χ1) is 11.2. The number of nitriles is 1. The van der Waals surface area contributed by atoms with Crippen molar-refractivity contribution in [3.63, 3.8) is 0 Å². The summed E-state index contributed by atoms with van der Waals surface area (Å²) < 4.78 is 5.47. The highest BCUT2D eigenvalue weighted by atomic mass is 32.1. The topological polar surface area (TPSA) is 119 Å². The molecule has 24 heavy (non-hydrogen) atoms. The lowest BCUT2D eigenvalue weighted by atomic mass is 9.72. The Bertz CT molecular complexity index is 857. The van der Waals surface area contributed by atoms with Gasteiger partial charge >= 0.3 is 5.70 Å². The number of nitrogens with two attached hydrogens (primary N) is 1. The maximum atomic E-state index is 12.7. The van der Waals surface area contributed by atoms with Crippen LogP contribution in [0.1, 0.15) is 42.4 Å². The van der Waals surface area contributed by atoms with E-state index in [9.17, 15) is 14.9 Å². The number of hydrogen-bond acceptors (Lipinski definition) is 7. The fourth-order valence-electron chi connectivity index (χ4n) is 3.20. The second-order valence-corrected chi connectivity index (χ2v) is 7.75. The van der Waals surface area contributed by atoms with Crippen molar-refractivity contribution in [1.82, 2.24) is 0 Å². The lowest BCUT2D eigenvalue weighted by molar-refractivity contribution is -0.433. The fraction of sp³-hybridized carbons (Fsp3) is 0.375. The number of Topliss-reactive ketones (excluding diaryl/α,β-unsaturated/α-hetero) is 1. The predicted octanol–water partition coefficient (Wildman–Crippen LogP) is 2.78. The Morgan fingerprint density at radius 2 is 2.17 bits per heavy atom. The van der Waals surface area contributed by atoms with Crippen LogP contribution in [0.15, 0.2) is 35.0 Å². The van der Waals surface area contributed by atoms with Gasteiger partial charge in [0.05, 0.1) is 10.5 Å². The van der Waals surface area contributed by atoms with Gasteiger partial charge in [0.2, 0.25) is 0 Å². The van der Waals surface area contributed by atoms with Crippen molar-refractivity contribution < 1.29 is 14.5 Å². The zero-order chi connectivity index (χ0) is 17.6. The second-order valence-electron chi connectivity index (χ2n) is 6.63. The molecule has 2 N–H and O–H groups in total. The van der Waals surface area contributed by atoms with Gasteiger partial charge in [0, 0.05) is 17.7 Å². The molecule has 0 saturated carbocycles. The molecule has 124 valence electrons. The molecule has 0 unspecified atom stereocenters. The second kappa shape index (κ2) is 5.46. The van der Waals surface area contributed by atoms with Crippen LogP contribution in [0.25, 0.3) is 0 Å². The molecule has 1 aliphatic carbocycles. The van der Waals surface area contributed by atoms with E-state index >= 15 is 0 Å². The Balaban J connectivity index is 2.20. The number of hydrogen-bond donors (Lipinski definition) is 1. The van der Waals surface area contributed by atoms with Gasteiger partial charge in [-0.2, -0.15) is 5.26 Å². The van der Waals surface area contributed by atoms with Crippen molar-refractivity contribution >= 4 is 17.1 Å². The number of nitro groups is 1. The molecule has 8 heteroatoms. The van der Waals surface area contributed by atoms with E-state index in [1.807, 2.05) is 19.9 Å². The van der Waals surface area contributed by atoms with Gasteiger partial charge in [-0.05, 0) is 17.5 Å². The van der Waals surface area contributed by atoms with E-state index in [2.05, 4.69) is 0 Å². The Morgan fingerprint density at radius 3 is 2.75 bits per heavy atom. The molecule has 0 fully saturated rings. The zero-order valence-electron chi connectivity index (χ0n) is 13.2. The van der Waals surface area contributed by atoms with Crippen LogP contribution in [-0.2, 0) is 9.53 Å². The van der Waals surface area contributed by atoms with Crippen molar-refractivity contribution in [1.29, 1.82) is 5.26 Å². The summed E-state index contributed by atoms with van der Waals surface area (Å²) in [4.78, 5) is 24.6. The van der Waals surface area contributed by atoms with Crippen molar-refractivity contribution in [3.8, 4) is 6.07 Å². The van der Waals surface area contributed by atoms with Gasteiger partial charge in [-0.1, -0.05) is 13.8 Å². The van der Waals surface area contributed by atoms with E-state index in [0.29, 0.717) is 27.5 Å². The number of rotatable bonds is 2. The predicted molar refractivity (Wildman–Crippen MR) is 86.1 cm³/mol. The normalized spacial score (nSPS) is 22.7. The Kier molecular flexibility index (Phi) is 3.68. The molecule has 0 radical (unpaired) electrons. The minimum Gasteiger partial charge on any atom is -0.440 e. The van der Waals surface area contributed by atoms with Crippen LogP contribution in [0.3, 0.4) is 0 Å². The van der Waals surface area contributed by atoms with Gasteiger partial charge in [0.25, 0.3) is 5.88 Å². The number of nitrogens with zero attached hydrogens (tertiary/aromatic N) is 2. The van der Waals surface area contributed by atoms with Crippen LogP contribution in [0, 0.1) is 26.9 Å². The average Bonchev–Trinajstić information content (AvgIpc) is 2.92. The van der Waals surface area contributed by atoms with Crippen molar-refractivity contribution in [2.75, 3.05) is 0 Å². The summed E-state index contributed by atoms with van der Waals surface area (Å²) in [6.07, 6.45) is 0.764. The van der Waals surface area contributed by atoms with E-state index in [-0.39, 0.29) is 29.2 Å². The maximum Gasteiger partial charge on any atom is 0.318 e. The standard InChI is InChI=1S/C16H15N3O4S/c1-16(2)5-9(20)12-10(6-16)23-15(18)14(19(21)22)13(12)11-4-3-8(7-17)24-11/h3-4,13H,5-6,18H2,1-2H3/t13-/m0/s1. The van der Waals surface area contributed by atoms with Crippen LogP contribution in [0.5, 0.6) is 0 Å². The van der Waals surface area contributed by atoms with Gasteiger partial charge in [-0.15, -0.1) is 11.3 Å². The number of ether oxygens (including phenoxy) is 1. The van der Waals surface area contributed by atoms with Crippen molar-refractivity contribution in [2.45, 2.75) is 32.6 Å². The molecule has 0 bridgehead atoms. The third-order valence-corrected chi connectivity index (χ3v) is 5.20. The van der Waals surface area contributed by atoms with Gasteiger partial charge < -0.3 is 10.5 Å². The van der Waals surface area contributed by atoms with Gasteiger partial charge in [0.15, 0.2) is 5.78 Å². The first-order valence-electron chi connectivity index (χ1n) is 7.31. The number of carbonyl (C=O) groups excluding carboxylic acids is 1. The number of thiophene rings is 1. The summed E-state index contributed by atoms with van der Waals surface area (Å²) in [6.45, 7) is 3.88. The van der Waals surface area contributed by atoms with E-state index < -0.39 is 10.8 Å². The highest BCUT2D eigenvalue weighted by Crippen LogP contribution is 2.49. The summed E-state index contributed by atoms with van der Waals surface area (Å²) in [5, 5.41) is 20.5. The summed E-state index contributed by atoms with van der Waals surface area (Å²) in [7, 11) is 0. The van der Waals surface area contributed by atoms with Gasteiger partial charge in [-0.25, -0.2) is 0 Å². The van der Waals surface area contributed by atoms with Crippen LogP contribution in [0.2, 0.25) is 0 Å². The Hall–Kier alpha value is -2.66. The highest BCUT2D eigenvalue weighted by Gasteiger charge is 2.47. The van der Waals surface area contributed by atoms with Crippen LogP contribution in [0.4, 0.5) is 0 Å². The third-order valence-electron chi connectivity index (χ3n) is 4.14. The zero-order valence-corrected chi connectivity index (χ0v) is 14.0.